The lowest BCUT2D eigenvalue weighted by atomic mass is 9.84. The van der Waals surface area contributed by atoms with Crippen LogP contribution in [0.15, 0.2) is 48.5 Å². The second-order valence-corrected chi connectivity index (χ2v) is 11.3. The maximum Gasteiger partial charge on any atom is 0.386 e. The summed E-state index contributed by atoms with van der Waals surface area (Å²) in [7, 11) is 0. The molecule has 0 aliphatic carbocycles. The molecule has 1 amide bonds. The second kappa shape index (κ2) is 12.7. The molecule has 0 spiro atoms. The third-order valence-corrected chi connectivity index (χ3v) is 7.11. The molecule has 0 bridgehead atoms. The SMILES string of the molecule is CC(C)(CNc1nc(C(N)=O)ns1)c1ccc(F)cc1.[C-]#[N+]c1nsc(NCC(C)(C)c2ccc(F)cc2)n1. The zero-order valence-corrected chi connectivity index (χ0v) is 23.5. The first-order valence-corrected chi connectivity index (χ1v) is 13.3. The molecule has 0 unspecified atom stereocenters. The van der Waals surface area contributed by atoms with Gasteiger partial charge in [0.25, 0.3) is 11.0 Å². The van der Waals surface area contributed by atoms with E-state index in [2.05, 4.69) is 48.0 Å². The minimum absolute atomic E-state index is 0.0112. The van der Waals surface area contributed by atoms with Crippen LogP contribution in [0.2, 0.25) is 0 Å². The van der Waals surface area contributed by atoms with Crippen LogP contribution in [0.25, 0.3) is 4.85 Å². The van der Waals surface area contributed by atoms with Gasteiger partial charge in [0, 0.05) is 35.5 Å². The molecule has 2 aromatic heterocycles. The molecule has 204 valence electrons. The van der Waals surface area contributed by atoms with Crippen LogP contribution in [0.4, 0.5) is 25.0 Å². The number of nitrogens with one attached hydrogen (secondary N) is 2. The Morgan fingerprint density at radius 1 is 0.846 bits per heavy atom. The van der Waals surface area contributed by atoms with Gasteiger partial charge in [-0.3, -0.25) is 4.79 Å². The Morgan fingerprint density at radius 3 is 1.67 bits per heavy atom. The van der Waals surface area contributed by atoms with E-state index >= 15 is 0 Å². The summed E-state index contributed by atoms with van der Waals surface area (Å²) >= 11 is 2.25. The highest BCUT2D eigenvalue weighted by Gasteiger charge is 2.22. The third-order valence-electron chi connectivity index (χ3n) is 5.78. The number of carbonyl (C=O) groups excluding carboxylic acids is 1. The highest BCUT2D eigenvalue weighted by atomic mass is 32.1. The minimum Gasteiger partial charge on any atom is -0.393 e. The number of hydrogen-bond acceptors (Lipinski definition) is 9. The van der Waals surface area contributed by atoms with Crippen LogP contribution in [0.1, 0.15) is 49.4 Å². The van der Waals surface area contributed by atoms with Crippen molar-refractivity contribution < 1.29 is 13.6 Å². The summed E-state index contributed by atoms with van der Waals surface area (Å²) in [6, 6.07) is 12.9. The molecule has 0 fully saturated rings. The lowest BCUT2D eigenvalue weighted by Crippen LogP contribution is -2.27. The maximum atomic E-state index is 12.9. The van der Waals surface area contributed by atoms with Crippen molar-refractivity contribution in [1.82, 2.24) is 18.7 Å². The first-order chi connectivity index (χ1) is 18.4. The van der Waals surface area contributed by atoms with E-state index < -0.39 is 5.91 Å². The molecule has 2 heterocycles. The van der Waals surface area contributed by atoms with Gasteiger partial charge in [0.1, 0.15) is 11.6 Å². The molecule has 4 aromatic rings. The number of primary amides is 1. The van der Waals surface area contributed by atoms with Gasteiger partial charge in [0.2, 0.25) is 11.0 Å². The van der Waals surface area contributed by atoms with Crippen molar-refractivity contribution in [1.29, 1.82) is 0 Å². The number of nitrogens with zero attached hydrogens (tertiary/aromatic N) is 5. The Bertz CT molecular complexity index is 1430. The van der Waals surface area contributed by atoms with Crippen LogP contribution >= 0.6 is 23.1 Å². The Kier molecular flexibility index (Phi) is 9.61. The smallest absolute Gasteiger partial charge is 0.386 e. The molecule has 0 atom stereocenters. The van der Waals surface area contributed by atoms with Crippen LogP contribution in [0, 0.1) is 18.2 Å². The van der Waals surface area contributed by atoms with Gasteiger partial charge in [0.15, 0.2) is 0 Å². The molecule has 0 radical (unpaired) electrons. The predicted molar refractivity (Wildman–Crippen MR) is 150 cm³/mol. The highest BCUT2D eigenvalue weighted by molar-refractivity contribution is 7.10. The van der Waals surface area contributed by atoms with E-state index in [0.29, 0.717) is 23.4 Å². The Balaban J connectivity index is 0.000000216. The first kappa shape index (κ1) is 29.5. The fraction of sp³-hybridized carbons (Fsp3) is 0.308. The summed E-state index contributed by atoms with van der Waals surface area (Å²) in [5, 5.41) is 7.44. The Morgan fingerprint density at radius 2 is 1.28 bits per heavy atom. The summed E-state index contributed by atoms with van der Waals surface area (Å²) in [6.45, 7) is 16.2. The number of rotatable bonds is 9. The minimum atomic E-state index is -0.646. The molecular weight excluding hydrogens is 542 g/mol. The summed E-state index contributed by atoms with van der Waals surface area (Å²) < 4.78 is 33.6. The lowest BCUT2D eigenvalue weighted by Gasteiger charge is -2.25. The quantitative estimate of drug-likeness (QED) is 0.218. The molecule has 0 saturated carbocycles. The molecule has 0 aliphatic rings. The van der Waals surface area contributed by atoms with E-state index in [1.54, 1.807) is 24.3 Å². The summed E-state index contributed by atoms with van der Waals surface area (Å²) in [5.74, 6) is -0.970. The monoisotopic (exact) mass is 570 g/mol. The molecule has 39 heavy (non-hydrogen) atoms. The number of anilines is 2. The van der Waals surface area contributed by atoms with E-state index in [1.807, 2.05) is 13.8 Å². The van der Waals surface area contributed by atoms with E-state index in [-0.39, 0.29) is 34.2 Å². The molecular formula is C26H28F2N8OS2. The summed E-state index contributed by atoms with van der Waals surface area (Å²) in [4.78, 5) is 22.1. The largest absolute Gasteiger partial charge is 0.393 e. The third kappa shape index (κ3) is 8.49. The number of carbonyl (C=O) groups is 1. The number of aromatic nitrogens is 4. The van der Waals surface area contributed by atoms with Crippen molar-refractivity contribution in [2.75, 3.05) is 23.7 Å². The number of nitrogens with two attached hydrogens (primary N) is 1. The van der Waals surface area contributed by atoms with Gasteiger partial charge in [0.05, 0.1) is 11.5 Å². The zero-order chi connectivity index (χ0) is 28.6. The van der Waals surface area contributed by atoms with E-state index in [0.717, 1.165) is 22.7 Å². The Hall–Kier alpha value is -4.02. The van der Waals surface area contributed by atoms with Crippen LogP contribution in [0.3, 0.4) is 0 Å². The van der Waals surface area contributed by atoms with Gasteiger partial charge >= 0.3 is 5.95 Å². The average molecular weight is 571 g/mol. The van der Waals surface area contributed by atoms with Crippen molar-refractivity contribution in [2.24, 2.45) is 5.73 Å². The maximum absolute atomic E-state index is 12.9. The standard InChI is InChI=1S/C13H15FN4OS.C13H13FN4S/c1-13(2,8-3-5-9(14)6-4-8)7-16-12-17-11(10(15)19)18-20-12;1-13(2,9-4-6-10(14)7-5-9)8-16-12-17-11(15-3)18-19-12/h3-6H,7H2,1-2H3,(H2,15,19)(H,16,17,18);4-7H,8H2,1-2H3,(H,16,17,18). The lowest BCUT2D eigenvalue weighted by molar-refractivity contribution is 0.0992. The number of hydrogen-bond donors (Lipinski definition) is 3. The number of benzene rings is 2. The molecule has 2 aromatic carbocycles. The molecule has 13 heteroatoms. The van der Waals surface area contributed by atoms with Gasteiger partial charge in [-0.2, -0.15) is 9.36 Å². The fourth-order valence-corrected chi connectivity index (χ4v) is 4.40. The molecule has 0 aliphatic heterocycles. The normalized spacial score (nSPS) is 11.2. The highest BCUT2D eigenvalue weighted by Crippen LogP contribution is 2.26. The van der Waals surface area contributed by atoms with Crippen LogP contribution in [0.5, 0.6) is 0 Å². The summed E-state index contributed by atoms with van der Waals surface area (Å²) in [5.41, 5.74) is 6.75. The number of halogens is 2. The van der Waals surface area contributed by atoms with Crippen molar-refractivity contribution in [3.8, 4) is 0 Å². The van der Waals surface area contributed by atoms with E-state index in [4.69, 9.17) is 12.3 Å². The van der Waals surface area contributed by atoms with Gasteiger partial charge in [-0.15, -0.1) is 11.6 Å². The van der Waals surface area contributed by atoms with Gasteiger partial charge in [-0.05, 0) is 35.4 Å². The molecule has 4 rings (SSSR count). The summed E-state index contributed by atoms with van der Waals surface area (Å²) in [6.07, 6.45) is 0. The molecule has 0 saturated heterocycles. The van der Waals surface area contributed by atoms with Crippen LogP contribution in [-0.2, 0) is 10.8 Å². The van der Waals surface area contributed by atoms with E-state index in [1.165, 1.54) is 35.8 Å². The van der Waals surface area contributed by atoms with Crippen molar-refractivity contribution in [2.45, 2.75) is 38.5 Å². The Labute approximate surface area is 233 Å². The average Bonchev–Trinajstić information content (AvgIpc) is 3.57. The topological polar surface area (TPSA) is 123 Å². The number of amides is 1. The second-order valence-electron chi connectivity index (χ2n) is 9.79. The van der Waals surface area contributed by atoms with Crippen molar-refractivity contribution in [3.05, 3.63) is 88.5 Å². The predicted octanol–water partition coefficient (Wildman–Crippen LogP) is 5.78. The van der Waals surface area contributed by atoms with E-state index in [9.17, 15) is 13.6 Å². The fourth-order valence-electron chi connectivity index (χ4n) is 3.33. The first-order valence-electron chi connectivity index (χ1n) is 11.7. The van der Waals surface area contributed by atoms with Gasteiger partial charge < -0.3 is 21.2 Å². The van der Waals surface area contributed by atoms with Crippen molar-refractivity contribution in [3.63, 3.8) is 0 Å². The molecule has 9 nitrogen and oxygen atoms in total. The van der Waals surface area contributed by atoms with Gasteiger partial charge in [-0.1, -0.05) is 56.3 Å². The van der Waals surface area contributed by atoms with Crippen LogP contribution < -0.4 is 16.4 Å². The molecule has 4 N–H and O–H groups in total. The zero-order valence-electron chi connectivity index (χ0n) is 21.8. The van der Waals surface area contributed by atoms with Crippen molar-refractivity contribution >= 4 is 45.2 Å². The van der Waals surface area contributed by atoms with Crippen LogP contribution in [-0.4, -0.2) is 37.7 Å². The van der Waals surface area contributed by atoms with Gasteiger partial charge in [-0.25, -0.2) is 8.78 Å².